The Morgan fingerprint density at radius 1 is 1.43 bits per heavy atom. The molecule has 3 heterocycles. The number of anilines is 1. The highest BCUT2D eigenvalue weighted by molar-refractivity contribution is 7.16. The van der Waals surface area contributed by atoms with E-state index in [0.717, 1.165) is 15.4 Å². The molecule has 2 aromatic heterocycles. The summed E-state index contributed by atoms with van der Waals surface area (Å²) in [6, 6.07) is 3.62. The molecule has 0 saturated carbocycles. The van der Waals surface area contributed by atoms with E-state index < -0.39 is 0 Å². The highest BCUT2D eigenvalue weighted by atomic mass is 35.5. The summed E-state index contributed by atoms with van der Waals surface area (Å²) in [5, 5.41) is 3.38. The lowest BCUT2D eigenvalue weighted by atomic mass is 10.2. The lowest BCUT2D eigenvalue weighted by molar-refractivity contribution is -0.115. The Kier molecular flexibility index (Phi) is 4.84. The minimum atomic E-state index is -0.343. The normalized spacial score (nSPS) is 13.6. The highest BCUT2D eigenvalue weighted by Gasteiger charge is 2.25. The molecule has 0 aliphatic carbocycles. The van der Waals surface area contributed by atoms with Gasteiger partial charge in [-0.05, 0) is 12.1 Å². The molecule has 23 heavy (non-hydrogen) atoms. The average Bonchev–Trinajstić information content (AvgIpc) is 3.10. The van der Waals surface area contributed by atoms with Crippen LogP contribution in [0.5, 0.6) is 0 Å². The molecule has 122 valence electrons. The second-order valence-electron chi connectivity index (χ2n) is 4.96. The molecule has 0 radical (unpaired) electrons. The Bertz CT molecular complexity index is 743. The molecule has 1 aliphatic heterocycles. The van der Waals surface area contributed by atoms with Crippen molar-refractivity contribution in [2.75, 3.05) is 19.0 Å². The molecule has 0 saturated heterocycles. The molecule has 2 amide bonds. The van der Waals surface area contributed by atoms with Crippen molar-refractivity contribution in [2.45, 2.75) is 19.4 Å². The van der Waals surface area contributed by atoms with E-state index in [1.54, 1.807) is 11.0 Å². The monoisotopic (exact) mass is 371 g/mol. The van der Waals surface area contributed by atoms with Crippen LogP contribution in [-0.2, 0) is 28.9 Å². The number of rotatable bonds is 3. The van der Waals surface area contributed by atoms with E-state index in [2.05, 4.69) is 10.3 Å². The van der Waals surface area contributed by atoms with Crippen LogP contribution in [0, 0.1) is 0 Å². The first-order valence-corrected chi connectivity index (χ1v) is 8.92. The van der Waals surface area contributed by atoms with E-state index in [-0.39, 0.29) is 18.4 Å². The SMILES string of the molecule is COC(=O)N1CCc2nc(NC(=O)Cc3ccc(Cl)s3)sc2C1. The van der Waals surface area contributed by atoms with Gasteiger partial charge < -0.3 is 15.0 Å². The molecule has 0 unspecified atom stereocenters. The predicted molar refractivity (Wildman–Crippen MR) is 90.3 cm³/mol. The van der Waals surface area contributed by atoms with Gasteiger partial charge >= 0.3 is 6.09 Å². The molecule has 2 aromatic rings. The quantitative estimate of drug-likeness (QED) is 0.899. The van der Waals surface area contributed by atoms with Crippen LogP contribution in [-0.4, -0.2) is 35.5 Å². The standard InChI is InChI=1S/C14H14ClN3O3S2/c1-21-14(20)18-5-4-9-10(7-18)23-13(16-9)17-12(19)6-8-2-3-11(15)22-8/h2-3H,4-7H2,1H3,(H,16,17,19). The maximum absolute atomic E-state index is 12.1. The fourth-order valence-corrected chi connectivity index (χ4v) is 4.43. The summed E-state index contributed by atoms with van der Waals surface area (Å²) in [6.45, 7) is 1.04. The maximum Gasteiger partial charge on any atom is 0.409 e. The first kappa shape index (κ1) is 16.2. The Hall–Kier alpha value is -1.64. The summed E-state index contributed by atoms with van der Waals surface area (Å²) in [7, 11) is 1.37. The Balaban J connectivity index is 1.63. The van der Waals surface area contributed by atoms with Crippen LogP contribution in [0.4, 0.5) is 9.93 Å². The topological polar surface area (TPSA) is 71.5 Å². The fraction of sp³-hybridized carbons (Fsp3) is 0.357. The number of halogens is 1. The van der Waals surface area contributed by atoms with E-state index in [1.165, 1.54) is 29.8 Å². The van der Waals surface area contributed by atoms with E-state index in [0.29, 0.717) is 29.0 Å². The number of carbonyl (C=O) groups is 2. The Labute approximate surface area is 146 Å². The van der Waals surface area contributed by atoms with Crippen molar-refractivity contribution in [1.29, 1.82) is 0 Å². The number of fused-ring (bicyclic) bond motifs is 1. The zero-order chi connectivity index (χ0) is 16.4. The van der Waals surface area contributed by atoms with Crippen molar-refractivity contribution >= 4 is 51.4 Å². The number of aromatic nitrogens is 1. The van der Waals surface area contributed by atoms with Crippen molar-refractivity contribution in [3.8, 4) is 0 Å². The van der Waals surface area contributed by atoms with Crippen molar-refractivity contribution in [2.24, 2.45) is 0 Å². The van der Waals surface area contributed by atoms with E-state index in [4.69, 9.17) is 16.3 Å². The molecule has 6 nitrogen and oxygen atoms in total. The second kappa shape index (κ2) is 6.86. The number of nitrogens with one attached hydrogen (secondary N) is 1. The second-order valence-corrected chi connectivity index (χ2v) is 7.84. The van der Waals surface area contributed by atoms with Gasteiger partial charge in [0.05, 0.1) is 30.1 Å². The molecule has 0 aromatic carbocycles. The van der Waals surface area contributed by atoms with E-state index >= 15 is 0 Å². The largest absolute Gasteiger partial charge is 0.453 e. The van der Waals surface area contributed by atoms with Gasteiger partial charge in [-0.25, -0.2) is 9.78 Å². The number of nitrogens with zero attached hydrogens (tertiary/aromatic N) is 2. The molecule has 9 heteroatoms. The van der Waals surface area contributed by atoms with Crippen LogP contribution in [0.1, 0.15) is 15.4 Å². The summed E-state index contributed by atoms with van der Waals surface area (Å²) >= 11 is 8.64. The molecule has 1 aliphatic rings. The van der Waals surface area contributed by atoms with Gasteiger partial charge in [0.2, 0.25) is 5.91 Å². The number of amides is 2. The van der Waals surface area contributed by atoms with E-state index in [9.17, 15) is 9.59 Å². The van der Waals surface area contributed by atoms with Gasteiger partial charge in [-0.2, -0.15) is 0 Å². The number of thiazole rings is 1. The third kappa shape index (κ3) is 3.82. The first-order chi connectivity index (χ1) is 11.0. The van der Waals surface area contributed by atoms with Gasteiger partial charge in [-0.1, -0.05) is 22.9 Å². The minimum Gasteiger partial charge on any atom is -0.453 e. The molecule has 3 rings (SSSR count). The van der Waals surface area contributed by atoms with Gasteiger partial charge in [0.25, 0.3) is 0 Å². The Morgan fingerprint density at radius 2 is 2.26 bits per heavy atom. The van der Waals surface area contributed by atoms with Crippen molar-refractivity contribution in [3.05, 3.63) is 31.9 Å². The van der Waals surface area contributed by atoms with Crippen molar-refractivity contribution < 1.29 is 14.3 Å². The summed E-state index contributed by atoms with van der Waals surface area (Å²) in [6.07, 6.45) is 0.594. The van der Waals surface area contributed by atoms with Crippen LogP contribution >= 0.6 is 34.3 Å². The van der Waals surface area contributed by atoms with Gasteiger partial charge in [-0.3, -0.25) is 4.79 Å². The number of methoxy groups -OCH3 is 1. The Morgan fingerprint density at radius 3 is 2.96 bits per heavy atom. The molecule has 0 spiro atoms. The number of hydrogen-bond donors (Lipinski definition) is 1. The van der Waals surface area contributed by atoms with Crippen LogP contribution in [0.25, 0.3) is 0 Å². The maximum atomic E-state index is 12.1. The summed E-state index contributed by atoms with van der Waals surface area (Å²) < 4.78 is 5.40. The first-order valence-electron chi connectivity index (χ1n) is 6.90. The highest BCUT2D eigenvalue weighted by Crippen LogP contribution is 2.29. The van der Waals surface area contributed by atoms with Crippen molar-refractivity contribution in [3.63, 3.8) is 0 Å². The fourth-order valence-electron chi connectivity index (χ4n) is 2.30. The van der Waals surface area contributed by atoms with Gasteiger partial charge in [0.15, 0.2) is 5.13 Å². The van der Waals surface area contributed by atoms with Crippen LogP contribution in [0.2, 0.25) is 4.34 Å². The zero-order valence-electron chi connectivity index (χ0n) is 12.3. The summed E-state index contributed by atoms with van der Waals surface area (Å²) in [5.41, 5.74) is 0.935. The number of thiophene rings is 1. The summed E-state index contributed by atoms with van der Waals surface area (Å²) in [5.74, 6) is -0.126. The molecular formula is C14H14ClN3O3S2. The number of hydrogen-bond acceptors (Lipinski definition) is 6. The van der Waals surface area contributed by atoms with Crippen LogP contribution in [0.3, 0.4) is 0 Å². The lowest BCUT2D eigenvalue weighted by Crippen LogP contribution is -2.35. The third-order valence-corrected chi connectivity index (χ3v) is 5.60. The van der Waals surface area contributed by atoms with Crippen LogP contribution in [0.15, 0.2) is 12.1 Å². The van der Waals surface area contributed by atoms with Gasteiger partial charge in [0.1, 0.15) is 0 Å². The minimum absolute atomic E-state index is 0.126. The third-order valence-electron chi connectivity index (χ3n) is 3.37. The average molecular weight is 372 g/mol. The molecule has 0 bridgehead atoms. The molecule has 1 N–H and O–H groups in total. The van der Waals surface area contributed by atoms with E-state index in [1.807, 2.05) is 6.07 Å². The lowest BCUT2D eigenvalue weighted by Gasteiger charge is -2.24. The number of carbonyl (C=O) groups excluding carboxylic acids is 2. The summed E-state index contributed by atoms with van der Waals surface area (Å²) in [4.78, 5) is 31.6. The smallest absolute Gasteiger partial charge is 0.409 e. The van der Waals surface area contributed by atoms with Crippen LogP contribution < -0.4 is 5.32 Å². The number of ether oxygens (including phenoxy) is 1. The molecule has 0 atom stereocenters. The predicted octanol–water partition coefficient (Wildman–Crippen LogP) is 3.16. The molecular weight excluding hydrogens is 358 g/mol. The zero-order valence-corrected chi connectivity index (χ0v) is 14.7. The van der Waals surface area contributed by atoms with Gasteiger partial charge in [-0.15, -0.1) is 11.3 Å². The van der Waals surface area contributed by atoms with Gasteiger partial charge in [0, 0.05) is 22.7 Å². The molecule has 0 fully saturated rings. The van der Waals surface area contributed by atoms with Crippen molar-refractivity contribution in [1.82, 2.24) is 9.88 Å².